The van der Waals surface area contributed by atoms with Gasteiger partial charge in [0.25, 0.3) is 5.91 Å². The minimum Gasteiger partial charge on any atom is -0.465 e. The Hall–Kier alpha value is -3.17. The molecule has 5 rings (SSSR count). The third-order valence-electron chi connectivity index (χ3n) is 8.87. The molecule has 1 aromatic rings. The molecule has 1 aromatic carbocycles. The predicted octanol–water partition coefficient (Wildman–Crippen LogP) is 2.68. The molecule has 0 saturated carbocycles. The van der Waals surface area contributed by atoms with Crippen molar-refractivity contribution in [2.75, 3.05) is 42.6 Å². The van der Waals surface area contributed by atoms with Gasteiger partial charge in [0.1, 0.15) is 23.2 Å². The van der Waals surface area contributed by atoms with E-state index in [0.717, 1.165) is 18.8 Å². The molecular weight excluding hydrogens is 498 g/mol. The fraction of sp³-hybridized carbons (Fsp3) is 0.567. The molecule has 0 radical (unpaired) electrons. The largest absolute Gasteiger partial charge is 0.465 e. The van der Waals surface area contributed by atoms with Gasteiger partial charge in [0, 0.05) is 31.0 Å². The van der Waals surface area contributed by atoms with Gasteiger partial charge in [-0.2, -0.15) is 0 Å². The van der Waals surface area contributed by atoms with Gasteiger partial charge >= 0.3 is 5.97 Å². The molecule has 210 valence electrons. The lowest BCUT2D eigenvalue weighted by Crippen LogP contribution is -2.58. The number of fused-ring (bicyclic) bond motifs is 2. The average Bonchev–Trinajstić information content (AvgIpc) is 3.30. The molecular formula is C30H39N3O6. The lowest BCUT2D eigenvalue weighted by atomic mass is 9.73. The zero-order chi connectivity index (χ0) is 27.9. The van der Waals surface area contributed by atoms with Gasteiger partial charge in [0.05, 0.1) is 25.2 Å². The van der Waals surface area contributed by atoms with Crippen molar-refractivity contribution in [1.29, 1.82) is 0 Å². The number of likely N-dealkylation sites (tertiary alicyclic amines) is 1. The number of anilines is 2. The van der Waals surface area contributed by atoms with E-state index in [-0.39, 0.29) is 31.6 Å². The number of aliphatic hydroxyl groups excluding tert-OH is 1. The lowest BCUT2D eigenvalue weighted by molar-refractivity contribution is -0.161. The van der Waals surface area contributed by atoms with E-state index in [1.807, 2.05) is 55.5 Å². The molecule has 9 heteroatoms. The minimum absolute atomic E-state index is 0.228. The van der Waals surface area contributed by atoms with Crippen molar-refractivity contribution < 1.29 is 29.0 Å². The quantitative estimate of drug-likeness (QED) is 0.422. The van der Waals surface area contributed by atoms with Crippen molar-refractivity contribution in [3.05, 3.63) is 48.6 Å². The van der Waals surface area contributed by atoms with E-state index in [9.17, 15) is 19.5 Å². The number of aliphatic hydroxyl groups is 1. The number of hydrogen-bond donors (Lipinski definition) is 1. The number of carbonyl (C=O) groups excluding carboxylic acids is 3. The Kier molecular flexibility index (Phi) is 7.33. The third kappa shape index (κ3) is 4.09. The van der Waals surface area contributed by atoms with E-state index in [0.29, 0.717) is 18.5 Å². The average molecular weight is 538 g/mol. The highest BCUT2D eigenvalue weighted by Gasteiger charge is 2.75. The summed E-state index contributed by atoms with van der Waals surface area (Å²) < 4.78 is 12.4. The standard InChI is InChI=1S/C30H39N3O6/c1-5-29-15-8-9-18-38-28(37)24(29)23-26(35)33(20(4)19-34)25-27(36)32(17-10-16-30(23,25)39-29)22-13-11-21(12-14-22)31(6-2)7-3/h8,10-16,20,23-25,34H,5-7,9,17-19H2,1-4H3/t20-,23+,24-,25?,29+,30+/m1/s1. The number of nitrogens with zero attached hydrogens (tertiary/aromatic N) is 3. The van der Waals surface area contributed by atoms with Gasteiger partial charge in [-0.3, -0.25) is 14.4 Å². The van der Waals surface area contributed by atoms with Crippen LogP contribution in [0.5, 0.6) is 0 Å². The van der Waals surface area contributed by atoms with E-state index in [4.69, 9.17) is 9.47 Å². The summed E-state index contributed by atoms with van der Waals surface area (Å²) in [4.78, 5) is 47.4. The Morgan fingerprint density at radius 3 is 2.38 bits per heavy atom. The second-order valence-corrected chi connectivity index (χ2v) is 10.8. The first-order chi connectivity index (χ1) is 18.8. The molecule has 4 aliphatic rings. The summed E-state index contributed by atoms with van der Waals surface area (Å²) in [5.74, 6) is -3.00. The van der Waals surface area contributed by atoms with Crippen LogP contribution in [0.1, 0.15) is 40.5 Å². The molecule has 0 aliphatic carbocycles. The molecule has 1 spiro atoms. The van der Waals surface area contributed by atoms with Crippen molar-refractivity contribution in [2.24, 2.45) is 11.8 Å². The number of esters is 1. The number of benzene rings is 1. The van der Waals surface area contributed by atoms with E-state index in [1.165, 1.54) is 4.90 Å². The van der Waals surface area contributed by atoms with Crippen molar-refractivity contribution in [3.8, 4) is 0 Å². The van der Waals surface area contributed by atoms with Gasteiger partial charge in [0.15, 0.2) is 0 Å². The van der Waals surface area contributed by atoms with Gasteiger partial charge in [-0.1, -0.05) is 31.2 Å². The number of hydrogen-bond acceptors (Lipinski definition) is 7. The van der Waals surface area contributed by atoms with Gasteiger partial charge in [0.2, 0.25) is 5.91 Å². The highest BCUT2D eigenvalue weighted by molar-refractivity contribution is 6.05. The molecule has 0 aromatic heterocycles. The molecule has 4 heterocycles. The zero-order valence-corrected chi connectivity index (χ0v) is 23.2. The summed E-state index contributed by atoms with van der Waals surface area (Å²) in [7, 11) is 0. The van der Waals surface area contributed by atoms with Gasteiger partial charge in [-0.25, -0.2) is 0 Å². The van der Waals surface area contributed by atoms with Crippen LogP contribution in [0.15, 0.2) is 48.6 Å². The minimum atomic E-state index is -1.37. The maximum absolute atomic E-state index is 14.5. The number of ether oxygens (including phenoxy) is 2. The Labute approximate surface area is 230 Å². The number of rotatable bonds is 7. The fourth-order valence-electron chi connectivity index (χ4n) is 6.89. The summed E-state index contributed by atoms with van der Waals surface area (Å²) >= 11 is 0. The van der Waals surface area contributed by atoms with Crippen LogP contribution in [0, 0.1) is 11.8 Å². The summed E-state index contributed by atoms with van der Waals surface area (Å²) in [6, 6.07) is 6.14. The highest BCUT2D eigenvalue weighted by atomic mass is 16.6. The second-order valence-electron chi connectivity index (χ2n) is 10.8. The number of cyclic esters (lactones) is 1. The van der Waals surface area contributed by atoms with Crippen molar-refractivity contribution in [3.63, 3.8) is 0 Å². The van der Waals surface area contributed by atoms with Crippen LogP contribution in [0.2, 0.25) is 0 Å². The first-order valence-corrected chi connectivity index (χ1v) is 14.1. The molecule has 39 heavy (non-hydrogen) atoms. The molecule has 2 amide bonds. The number of carbonyl (C=O) groups is 3. The third-order valence-corrected chi connectivity index (χ3v) is 8.87. The molecule has 1 unspecified atom stereocenters. The summed E-state index contributed by atoms with van der Waals surface area (Å²) in [5.41, 5.74) is -0.675. The highest BCUT2D eigenvalue weighted by Crippen LogP contribution is 2.58. The summed E-state index contributed by atoms with van der Waals surface area (Å²) in [5, 5.41) is 10.1. The maximum atomic E-state index is 14.5. The first kappa shape index (κ1) is 27.4. The Morgan fingerprint density at radius 1 is 1.03 bits per heavy atom. The van der Waals surface area contributed by atoms with Gasteiger partial charge in [-0.15, -0.1) is 0 Å². The van der Waals surface area contributed by atoms with E-state index >= 15 is 0 Å². The fourth-order valence-corrected chi connectivity index (χ4v) is 6.89. The van der Waals surface area contributed by atoms with Gasteiger partial charge < -0.3 is 29.3 Å². The molecule has 1 N–H and O–H groups in total. The topological polar surface area (TPSA) is 99.6 Å². The van der Waals surface area contributed by atoms with E-state index < -0.39 is 41.1 Å². The molecule has 6 atom stereocenters. The Bertz CT molecular complexity index is 1180. The molecule has 2 saturated heterocycles. The smallest absolute Gasteiger partial charge is 0.313 e. The van der Waals surface area contributed by atoms with Crippen LogP contribution in [-0.4, -0.2) is 83.9 Å². The van der Waals surface area contributed by atoms with Crippen LogP contribution in [0.25, 0.3) is 0 Å². The second kappa shape index (κ2) is 10.4. The Morgan fingerprint density at radius 2 is 1.74 bits per heavy atom. The summed E-state index contributed by atoms with van der Waals surface area (Å²) in [6.07, 6.45) is 8.49. The van der Waals surface area contributed by atoms with Crippen LogP contribution in [0.3, 0.4) is 0 Å². The maximum Gasteiger partial charge on any atom is 0.313 e. The monoisotopic (exact) mass is 537 g/mol. The van der Waals surface area contributed by atoms with Crippen molar-refractivity contribution in [2.45, 2.75) is 63.8 Å². The normalized spacial score (nSPS) is 32.6. The first-order valence-electron chi connectivity index (χ1n) is 14.1. The SMILES string of the molecule is CCN(CC)c1ccc(N2CC=C[C@]34O[C@@]5(CC)C=CCCOC(=O)[C@H]5[C@H]3C(=O)N([C@H](C)CO)C4C2=O)cc1. The van der Waals surface area contributed by atoms with E-state index in [1.54, 1.807) is 11.8 Å². The zero-order valence-electron chi connectivity index (χ0n) is 23.2. The molecule has 4 aliphatic heterocycles. The van der Waals surface area contributed by atoms with Crippen LogP contribution < -0.4 is 9.80 Å². The predicted molar refractivity (Wildman–Crippen MR) is 147 cm³/mol. The van der Waals surface area contributed by atoms with Crippen LogP contribution in [0.4, 0.5) is 11.4 Å². The van der Waals surface area contributed by atoms with Gasteiger partial charge in [-0.05, 0) is 57.9 Å². The lowest BCUT2D eigenvalue weighted by Gasteiger charge is -2.40. The van der Waals surface area contributed by atoms with Crippen molar-refractivity contribution >= 4 is 29.2 Å². The molecule has 2 fully saturated rings. The van der Waals surface area contributed by atoms with Crippen LogP contribution >= 0.6 is 0 Å². The Balaban J connectivity index is 1.61. The van der Waals surface area contributed by atoms with E-state index in [2.05, 4.69) is 18.7 Å². The van der Waals surface area contributed by atoms with Crippen molar-refractivity contribution in [1.82, 2.24) is 4.90 Å². The molecule has 9 nitrogen and oxygen atoms in total. The molecule has 0 bridgehead atoms. The van der Waals surface area contributed by atoms with Crippen LogP contribution in [-0.2, 0) is 23.9 Å². The number of amides is 2. The summed E-state index contributed by atoms with van der Waals surface area (Å²) in [6.45, 7) is 9.77.